The molecule has 0 atom stereocenters. The van der Waals surface area contributed by atoms with Gasteiger partial charge in [-0.15, -0.1) is 11.3 Å². The van der Waals surface area contributed by atoms with Gasteiger partial charge in [0.05, 0.1) is 5.69 Å². The smallest absolute Gasteiger partial charge is 0.270 e. The highest BCUT2D eigenvalue weighted by molar-refractivity contribution is 7.15. The van der Waals surface area contributed by atoms with E-state index in [1.54, 1.807) is 12.4 Å². The predicted molar refractivity (Wildman–Crippen MR) is 71.3 cm³/mol. The summed E-state index contributed by atoms with van der Waals surface area (Å²) in [6.45, 7) is 2.31. The Kier molecular flexibility index (Phi) is 3.06. The summed E-state index contributed by atoms with van der Waals surface area (Å²) in [5.41, 5.74) is 7.25. The van der Waals surface area contributed by atoms with Crippen LogP contribution in [0.5, 0.6) is 0 Å². The molecular weight excluding hydrogens is 262 g/mol. The van der Waals surface area contributed by atoms with Crippen LogP contribution in [-0.4, -0.2) is 20.1 Å². The zero-order valence-electron chi connectivity index (χ0n) is 10.2. The van der Waals surface area contributed by atoms with Crippen molar-refractivity contribution in [1.82, 2.24) is 20.1 Å². The summed E-state index contributed by atoms with van der Waals surface area (Å²) in [5, 5.41) is 4.82. The minimum atomic E-state index is 0.412. The molecule has 0 amide bonds. The van der Waals surface area contributed by atoms with Gasteiger partial charge in [0.1, 0.15) is 9.88 Å². The van der Waals surface area contributed by atoms with Crippen LogP contribution in [0.2, 0.25) is 0 Å². The van der Waals surface area contributed by atoms with Crippen molar-refractivity contribution in [2.24, 2.45) is 5.73 Å². The predicted octanol–water partition coefficient (Wildman–Crippen LogP) is 2.02. The average molecular weight is 273 g/mol. The SMILES string of the molecule is Cc1nc(CN)sc1-c1nc(-c2cccnc2)no1. The number of hydrogen-bond acceptors (Lipinski definition) is 7. The van der Waals surface area contributed by atoms with Crippen molar-refractivity contribution in [1.29, 1.82) is 0 Å². The van der Waals surface area contributed by atoms with Crippen molar-refractivity contribution in [3.63, 3.8) is 0 Å². The van der Waals surface area contributed by atoms with Crippen LogP contribution in [0.4, 0.5) is 0 Å². The molecule has 3 aromatic heterocycles. The minimum Gasteiger partial charge on any atom is -0.333 e. The van der Waals surface area contributed by atoms with Crippen molar-refractivity contribution in [3.8, 4) is 22.2 Å². The number of hydrogen-bond donors (Lipinski definition) is 1. The first kappa shape index (κ1) is 11.9. The van der Waals surface area contributed by atoms with Crippen molar-refractivity contribution < 1.29 is 4.52 Å². The second kappa shape index (κ2) is 4.87. The summed E-state index contributed by atoms with van der Waals surface area (Å²) in [4.78, 5) is 13.6. The maximum Gasteiger partial charge on any atom is 0.270 e. The zero-order valence-corrected chi connectivity index (χ0v) is 11.0. The molecular formula is C12H11N5OS. The van der Waals surface area contributed by atoms with E-state index in [0.29, 0.717) is 18.3 Å². The Hall–Kier alpha value is -2.12. The van der Waals surface area contributed by atoms with Gasteiger partial charge in [-0.3, -0.25) is 4.98 Å². The summed E-state index contributed by atoms with van der Waals surface area (Å²) in [6.07, 6.45) is 3.39. The lowest BCUT2D eigenvalue weighted by Crippen LogP contribution is -1.94. The van der Waals surface area contributed by atoms with Crippen LogP contribution >= 0.6 is 11.3 Å². The van der Waals surface area contributed by atoms with Gasteiger partial charge in [0.15, 0.2) is 0 Å². The van der Waals surface area contributed by atoms with E-state index in [-0.39, 0.29) is 0 Å². The fourth-order valence-corrected chi connectivity index (χ4v) is 2.53. The molecule has 2 N–H and O–H groups in total. The van der Waals surface area contributed by atoms with Gasteiger partial charge in [-0.05, 0) is 19.1 Å². The molecule has 96 valence electrons. The molecule has 0 saturated carbocycles. The molecule has 19 heavy (non-hydrogen) atoms. The second-order valence-corrected chi connectivity index (χ2v) is 4.97. The number of aryl methyl sites for hydroxylation is 1. The zero-order chi connectivity index (χ0) is 13.2. The highest BCUT2D eigenvalue weighted by atomic mass is 32.1. The van der Waals surface area contributed by atoms with E-state index >= 15 is 0 Å². The highest BCUT2D eigenvalue weighted by Crippen LogP contribution is 2.29. The topological polar surface area (TPSA) is 90.7 Å². The third-order valence-corrected chi connectivity index (χ3v) is 3.72. The molecule has 3 aromatic rings. The van der Waals surface area contributed by atoms with E-state index in [0.717, 1.165) is 21.1 Å². The lowest BCUT2D eigenvalue weighted by molar-refractivity contribution is 0.433. The van der Waals surface area contributed by atoms with Gasteiger partial charge in [0, 0.05) is 24.5 Å². The molecule has 0 aliphatic heterocycles. The molecule has 0 bridgehead atoms. The number of rotatable bonds is 3. The summed E-state index contributed by atoms with van der Waals surface area (Å²) < 4.78 is 5.28. The van der Waals surface area contributed by atoms with Crippen molar-refractivity contribution in [2.75, 3.05) is 0 Å². The minimum absolute atomic E-state index is 0.412. The molecule has 6 nitrogen and oxygen atoms in total. The number of nitrogens with two attached hydrogens (primary N) is 1. The van der Waals surface area contributed by atoms with Crippen LogP contribution in [0.3, 0.4) is 0 Å². The first-order chi connectivity index (χ1) is 9.28. The van der Waals surface area contributed by atoms with Gasteiger partial charge in [-0.25, -0.2) is 4.98 Å². The van der Waals surface area contributed by atoms with Crippen LogP contribution < -0.4 is 5.73 Å². The molecule has 0 radical (unpaired) electrons. The van der Waals surface area contributed by atoms with Gasteiger partial charge in [0.2, 0.25) is 5.82 Å². The number of nitrogens with zero attached hydrogens (tertiary/aromatic N) is 4. The van der Waals surface area contributed by atoms with Gasteiger partial charge in [0.25, 0.3) is 5.89 Å². The van der Waals surface area contributed by atoms with E-state index in [9.17, 15) is 0 Å². The average Bonchev–Trinajstić information content (AvgIpc) is 3.06. The van der Waals surface area contributed by atoms with E-state index < -0.39 is 0 Å². The van der Waals surface area contributed by atoms with Crippen LogP contribution in [-0.2, 0) is 6.54 Å². The van der Waals surface area contributed by atoms with Gasteiger partial charge < -0.3 is 10.3 Å². The first-order valence-corrected chi connectivity index (χ1v) is 6.50. The third kappa shape index (κ3) is 2.25. The lowest BCUT2D eigenvalue weighted by atomic mass is 10.3. The van der Waals surface area contributed by atoms with E-state index in [2.05, 4.69) is 20.1 Å². The van der Waals surface area contributed by atoms with Crippen LogP contribution in [0.1, 0.15) is 10.7 Å². The fourth-order valence-electron chi connectivity index (χ4n) is 1.67. The molecule has 0 aromatic carbocycles. The van der Waals surface area contributed by atoms with Gasteiger partial charge in [-0.2, -0.15) is 4.98 Å². The normalized spacial score (nSPS) is 10.8. The summed E-state index contributed by atoms with van der Waals surface area (Å²) in [6, 6.07) is 3.71. The molecule has 3 rings (SSSR count). The number of aromatic nitrogens is 4. The van der Waals surface area contributed by atoms with Gasteiger partial charge >= 0.3 is 0 Å². The van der Waals surface area contributed by atoms with Crippen LogP contribution in [0.15, 0.2) is 29.0 Å². The first-order valence-electron chi connectivity index (χ1n) is 5.69. The molecule has 0 saturated heterocycles. The summed E-state index contributed by atoms with van der Waals surface area (Å²) >= 11 is 1.47. The Bertz CT molecular complexity index is 691. The summed E-state index contributed by atoms with van der Waals surface area (Å²) in [5.74, 6) is 0.985. The quantitative estimate of drug-likeness (QED) is 0.785. The van der Waals surface area contributed by atoms with Gasteiger partial charge in [-0.1, -0.05) is 5.16 Å². The standard InChI is InChI=1S/C12H11N5OS/c1-7-10(19-9(5-13)15-7)12-16-11(17-18-12)8-3-2-4-14-6-8/h2-4,6H,5,13H2,1H3. The largest absolute Gasteiger partial charge is 0.333 e. The second-order valence-electron chi connectivity index (χ2n) is 3.89. The summed E-state index contributed by atoms with van der Waals surface area (Å²) in [7, 11) is 0. The molecule has 7 heteroatoms. The van der Waals surface area contributed by atoms with E-state index in [1.807, 2.05) is 19.1 Å². The van der Waals surface area contributed by atoms with Crippen molar-refractivity contribution in [2.45, 2.75) is 13.5 Å². The Morgan fingerprint density at radius 2 is 2.26 bits per heavy atom. The number of thiazole rings is 1. The monoisotopic (exact) mass is 273 g/mol. The number of pyridine rings is 1. The van der Waals surface area contributed by atoms with E-state index in [4.69, 9.17) is 10.3 Å². The maximum absolute atomic E-state index is 5.58. The molecule has 0 unspecified atom stereocenters. The van der Waals surface area contributed by atoms with Crippen molar-refractivity contribution in [3.05, 3.63) is 35.2 Å². The molecule has 0 spiro atoms. The Labute approximate surface area is 113 Å². The molecule has 3 heterocycles. The molecule has 0 aliphatic carbocycles. The fraction of sp³-hybridized carbons (Fsp3) is 0.167. The van der Waals surface area contributed by atoms with E-state index in [1.165, 1.54) is 11.3 Å². The third-order valence-electron chi connectivity index (χ3n) is 2.56. The van der Waals surface area contributed by atoms with Crippen LogP contribution in [0, 0.1) is 6.92 Å². The molecule has 0 aliphatic rings. The van der Waals surface area contributed by atoms with Crippen molar-refractivity contribution >= 4 is 11.3 Å². The molecule has 0 fully saturated rings. The maximum atomic E-state index is 5.58. The highest BCUT2D eigenvalue weighted by Gasteiger charge is 2.16. The Morgan fingerprint density at radius 3 is 2.95 bits per heavy atom. The Morgan fingerprint density at radius 1 is 1.37 bits per heavy atom. The Balaban J connectivity index is 1.99. The van der Waals surface area contributed by atoms with Crippen LogP contribution in [0.25, 0.3) is 22.2 Å². The lowest BCUT2D eigenvalue weighted by Gasteiger charge is -1.90.